The summed E-state index contributed by atoms with van der Waals surface area (Å²) in [5, 5.41) is 13.2. The van der Waals surface area contributed by atoms with Gasteiger partial charge in [-0.3, -0.25) is 0 Å². The summed E-state index contributed by atoms with van der Waals surface area (Å²) in [6.07, 6.45) is 0.123. The van der Waals surface area contributed by atoms with E-state index in [1.165, 1.54) is 16.7 Å². The Morgan fingerprint density at radius 2 is 2.05 bits per heavy atom. The molecule has 2 rings (SSSR count). The van der Waals surface area contributed by atoms with Gasteiger partial charge in [0.15, 0.2) is 0 Å². The van der Waals surface area contributed by atoms with Gasteiger partial charge < -0.3 is 15.2 Å². The summed E-state index contributed by atoms with van der Waals surface area (Å²) in [5.41, 5.74) is 2.37. The summed E-state index contributed by atoms with van der Waals surface area (Å²) in [6.45, 7) is 9.27. The number of nitrogens with one attached hydrogen (secondary N) is 1. The minimum absolute atomic E-state index is 0.478. The van der Waals surface area contributed by atoms with Crippen LogP contribution in [0.4, 0.5) is 4.79 Å². The quantitative estimate of drug-likeness (QED) is 0.881. The van der Waals surface area contributed by atoms with Crippen LogP contribution in [0.25, 0.3) is 0 Å². The Morgan fingerprint density at radius 3 is 2.57 bits per heavy atom. The molecule has 1 amide bonds. The minimum atomic E-state index is -0.684. The van der Waals surface area contributed by atoms with Crippen LogP contribution in [-0.4, -0.2) is 28.4 Å². The zero-order valence-electron chi connectivity index (χ0n) is 13.5. The lowest BCUT2D eigenvalue weighted by Crippen LogP contribution is -2.57. The van der Waals surface area contributed by atoms with Crippen molar-refractivity contribution in [3.8, 4) is 0 Å². The maximum Gasteiger partial charge on any atom is 0.408 e. The van der Waals surface area contributed by atoms with Crippen LogP contribution in [0.1, 0.15) is 44.4 Å². The molecule has 0 aliphatic heterocycles. The third kappa shape index (κ3) is 3.38. The molecular weight excluding hydrogens is 266 g/mol. The van der Waals surface area contributed by atoms with E-state index in [0.29, 0.717) is 12.8 Å². The van der Waals surface area contributed by atoms with Gasteiger partial charge in [0.2, 0.25) is 0 Å². The normalized spacial score (nSPS) is 22.6. The number of rotatable bonds is 2. The van der Waals surface area contributed by atoms with E-state index >= 15 is 0 Å². The predicted molar refractivity (Wildman–Crippen MR) is 82.4 cm³/mol. The number of aliphatic hydroxyl groups is 1. The second kappa shape index (κ2) is 5.34. The van der Waals surface area contributed by atoms with Gasteiger partial charge in [-0.05, 0) is 64.2 Å². The molecule has 21 heavy (non-hydrogen) atoms. The standard InChI is InChI=1S/C17H25NO3/c1-11-7-6-8-13-9-17(12(2)19,10-14(11)13)18-15(20)21-16(3,4)5/h6-8,12,19H,9-10H2,1-5H3,(H,18,20). The molecule has 0 aromatic heterocycles. The number of fused-ring (bicyclic) bond motifs is 1. The molecule has 116 valence electrons. The van der Waals surface area contributed by atoms with Crippen LogP contribution in [0.2, 0.25) is 0 Å². The van der Waals surface area contributed by atoms with Crippen molar-refractivity contribution >= 4 is 6.09 Å². The SMILES string of the molecule is Cc1cccc2c1CC(NC(=O)OC(C)(C)C)(C(C)O)C2. The lowest BCUT2D eigenvalue weighted by molar-refractivity contribution is 0.0276. The van der Waals surface area contributed by atoms with Gasteiger partial charge in [0.1, 0.15) is 5.60 Å². The van der Waals surface area contributed by atoms with E-state index in [0.717, 1.165) is 0 Å². The van der Waals surface area contributed by atoms with Crippen molar-refractivity contribution in [3.63, 3.8) is 0 Å². The van der Waals surface area contributed by atoms with Crippen LogP contribution in [0.15, 0.2) is 18.2 Å². The molecule has 0 fully saturated rings. The molecule has 0 radical (unpaired) electrons. The second-order valence-corrected chi connectivity index (χ2v) is 7.03. The molecule has 2 unspecified atom stereocenters. The smallest absolute Gasteiger partial charge is 0.408 e. The Bertz CT molecular complexity index is 545. The highest BCUT2D eigenvalue weighted by molar-refractivity contribution is 5.69. The largest absolute Gasteiger partial charge is 0.444 e. The first-order valence-corrected chi connectivity index (χ1v) is 7.39. The van der Waals surface area contributed by atoms with Crippen molar-refractivity contribution < 1.29 is 14.6 Å². The summed E-state index contributed by atoms with van der Waals surface area (Å²) < 4.78 is 5.34. The van der Waals surface area contributed by atoms with Crippen molar-refractivity contribution in [1.82, 2.24) is 5.32 Å². The number of alkyl carbamates (subject to hydrolysis) is 1. The Hall–Kier alpha value is -1.55. The molecular formula is C17H25NO3. The van der Waals surface area contributed by atoms with E-state index in [-0.39, 0.29) is 0 Å². The fraction of sp³-hybridized carbons (Fsp3) is 0.588. The van der Waals surface area contributed by atoms with E-state index in [4.69, 9.17) is 4.74 Å². The highest BCUT2D eigenvalue weighted by atomic mass is 16.6. The average Bonchev–Trinajstić information content (AvgIpc) is 2.67. The number of ether oxygens (including phenoxy) is 1. The van der Waals surface area contributed by atoms with Gasteiger partial charge in [-0.1, -0.05) is 18.2 Å². The minimum Gasteiger partial charge on any atom is -0.444 e. The maximum absolute atomic E-state index is 12.1. The van der Waals surface area contributed by atoms with Crippen molar-refractivity contribution in [2.75, 3.05) is 0 Å². The third-order valence-corrected chi connectivity index (χ3v) is 4.05. The summed E-state index contributed by atoms with van der Waals surface area (Å²) in [5.74, 6) is 0. The first-order valence-electron chi connectivity index (χ1n) is 7.39. The monoisotopic (exact) mass is 291 g/mol. The average molecular weight is 291 g/mol. The molecule has 0 saturated heterocycles. The molecule has 1 aliphatic carbocycles. The summed E-state index contributed by atoms with van der Waals surface area (Å²) in [6, 6.07) is 6.13. The van der Waals surface area contributed by atoms with Crippen molar-refractivity contribution in [2.45, 2.75) is 64.7 Å². The van der Waals surface area contributed by atoms with Crippen LogP contribution in [0.5, 0.6) is 0 Å². The van der Waals surface area contributed by atoms with Gasteiger partial charge in [-0.2, -0.15) is 0 Å². The lowest BCUT2D eigenvalue weighted by Gasteiger charge is -2.34. The fourth-order valence-corrected chi connectivity index (χ4v) is 2.89. The molecule has 0 spiro atoms. The number of benzene rings is 1. The Balaban J connectivity index is 2.22. The summed E-state index contributed by atoms with van der Waals surface area (Å²) >= 11 is 0. The van der Waals surface area contributed by atoms with E-state index in [1.807, 2.05) is 26.8 Å². The van der Waals surface area contributed by atoms with Crippen LogP contribution in [0, 0.1) is 6.92 Å². The van der Waals surface area contributed by atoms with Gasteiger partial charge in [-0.25, -0.2) is 4.79 Å². The van der Waals surface area contributed by atoms with Gasteiger partial charge in [0.25, 0.3) is 0 Å². The van der Waals surface area contributed by atoms with Crippen LogP contribution in [-0.2, 0) is 17.6 Å². The maximum atomic E-state index is 12.1. The van der Waals surface area contributed by atoms with E-state index in [1.54, 1.807) is 6.92 Å². The number of amides is 1. The van der Waals surface area contributed by atoms with Crippen molar-refractivity contribution in [2.24, 2.45) is 0 Å². The highest BCUT2D eigenvalue weighted by Crippen LogP contribution is 2.34. The molecule has 1 aromatic carbocycles. The van der Waals surface area contributed by atoms with Crippen LogP contribution >= 0.6 is 0 Å². The van der Waals surface area contributed by atoms with E-state index < -0.39 is 23.3 Å². The van der Waals surface area contributed by atoms with E-state index in [2.05, 4.69) is 24.4 Å². The molecule has 1 aliphatic rings. The number of carbonyl (C=O) groups excluding carboxylic acids is 1. The molecule has 2 N–H and O–H groups in total. The number of carbonyl (C=O) groups is 1. The first kappa shape index (κ1) is 15.8. The molecule has 0 bridgehead atoms. The zero-order valence-corrected chi connectivity index (χ0v) is 13.5. The lowest BCUT2D eigenvalue weighted by atomic mass is 9.89. The first-order chi connectivity index (χ1) is 9.63. The van der Waals surface area contributed by atoms with Crippen molar-refractivity contribution in [1.29, 1.82) is 0 Å². The molecule has 1 aromatic rings. The molecule has 4 heteroatoms. The number of aliphatic hydroxyl groups excluding tert-OH is 1. The van der Waals surface area contributed by atoms with E-state index in [9.17, 15) is 9.90 Å². The van der Waals surface area contributed by atoms with Gasteiger partial charge >= 0.3 is 6.09 Å². The summed E-state index contributed by atoms with van der Waals surface area (Å²) in [7, 11) is 0. The topological polar surface area (TPSA) is 58.6 Å². The fourth-order valence-electron chi connectivity index (χ4n) is 2.89. The van der Waals surface area contributed by atoms with Crippen molar-refractivity contribution in [3.05, 3.63) is 34.9 Å². The van der Waals surface area contributed by atoms with Gasteiger partial charge in [0.05, 0.1) is 11.6 Å². The zero-order chi connectivity index (χ0) is 15.8. The Labute approximate surface area is 126 Å². The van der Waals surface area contributed by atoms with Gasteiger partial charge in [0, 0.05) is 0 Å². The molecule has 0 heterocycles. The predicted octanol–water partition coefficient (Wildman–Crippen LogP) is 2.74. The van der Waals surface area contributed by atoms with Gasteiger partial charge in [-0.15, -0.1) is 0 Å². The van der Waals surface area contributed by atoms with Crippen LogP contribution in [0.3, 0.4) is 0 Å². The summed E-state index contributed by atoms with van der Waals surface area (Å²) in [4.78, 5) is 12.1. The number of hydrogen-bond donors (Lipinski definition) is 2. The van der Waals surface area contributed by atoms with Crippen LogP contribution < -0.4 is 5.32 Å². The Kier molecular flexibility index (Phi) is 4.02. The molecule has 0 saturated carbocycles. The third-order valence-electron chi connectivity index (χ3n) is 4.05. The highest BCUT2D eigenvalue weighted by Gasteiger charge is 2.43. The second-order valence-electron chi connectivity index (χ2n) is 7.03. The Morgan fingerprint density at radius 1 is 1.38 bits per heavy atom. The number of hydrogen-bond acceptors (Lipinski definition) is 3. The molecule has 4 nitrogen and oxygen atoms in total. The number of aryl methyl sites for hydroxylation is 1. The molecule has 2 atom stereocenters.